The molecule has 3 N–H and O–H groups in total. The Kier molecular flexibility index (Phi) is 5.05. The lowest BCUT2D eigenvalue weighted by molar-refractivity contribution is -0.112. The van der Waals surface area contributed by atoms with Gasteiger partial charge >= 0.3 is 0 Å². The fourth-order valence-corrected chi connectivity index (χ4v) is 3.62. The summed E-state index contributed by atoms with van der Waals surface area (Å²) in [6.45, 7) is 4.97. The fourth-order valence-electron chi connectivity index (χ4n) is 3.62. The lowest BCUT2D eigenvalue weighted by Gasteiger charge is -2.40. The molecule has 5 heteroatoms. The number of halogens is 1. The van der Waals surface area contributed by atoms with Crippen LogP contribution < -0.4 is 0 Å². The van der Waals surface area contributed by atoms with Crippen LogP contribution >= 0.6 is 0 Å². The highest BCUT2D eigenvalue weighted by Crippen LogP contribution is 2.37. The number of alkyl halides is 1. The number of likely N-dealkylation sites (tertiary alicyclic amines) is 1. The molecule has 2 fully saturated rings. The third-order valence-electron chi connectivity index (χ3n) is 5.01. The lowest BCUT2D eigenvalue weighted by atomic mass is 9.75. The van der Waals surface area contributed by atoms with Crippen molar-refractivity contribution in [1.82, 2.24) is 4.90 Å². The predicted molar refractivity (Wildman–Crippen MR) is 75.1 cm³/mol. The highest BCUT2D eigenvalue weighted by atomic mass is 19.1. The molecule has 20 heavy (non-hydrogen) atoms. The van der Waals surface area contributed by atoms with Gasteiger partial charge in [-0.05, 0) is 51.4 Å². The number of aliphatic hydroxyl groups excluding tert-OH is 3. The van der Waals surface area contributed by atoms with Crippen LogP contribution in [0.4, 0.5) is 4.39 Å². The summed E-state index contributed by atoms with van der Waals surface area (Å²) in [5.74, 6) is 0.654. The predicted octanol–water partition coefficient (Wildman–Crippen LogP) is 0.939. The summed E-state index contributed by atoms with van der Waals surface area (Å²) < 4.78 is 13.9. The van der Waals surface area contributed by atoms with Crippen molar-refractivity contribution >= 4 is 0 Å². The molecule has 0 aromatic heterocycles. The minimum atomic E-state index is -1.09. The molecule has 0 bridgehead atoms. The van der Waals surface area contributed by atoms with E-state index in [1.807, 2.05) is 4.90 Å². The van der Waals surface area contributed by atoms with E-state index in [4.69, 9.17) is 0 Å². The second-order valence-corrected chi connectivity index (χ2v) is 7.13. The van der Waals surface area contributed by atoms with E-state index in [0.29, 0.717) is 19.0 Å². The summed E-state index contributed by atoms with van der Waals surface area (Å²) in [6.07, 6.45) is 1.05. The van der Waals surface area contributed by atoms with Gasteiger partial charge in [0.15, 0.2) is 0 Å². The Hall–Kier alpha value is -0.230. The molecule has 0 amide bonds. The van der Waals surface area contributed by atoms with Crippen LogP contribution in [0.1, 0.15) is 39.5 Å². The fraction of sp³-hybridized carbons (Fsp3) is 1.00. The van der Waals surface area contributed by atoms with E-state index in [1.165, 1.54) is 0 Å². The molecule has 1 saturated carbocycles. The lowest BCUT2D eigenvalue weighted by Crippen LogP contribution is -2.56. The van der Waals surface area contributed by atoms with Crippen LogP contribution in [0.15, 0.2) is 0 Å². The van der Waals surface area contributed by atoms with Gasteiger partial charge in [-0.3, -0.25) is 4.90 Å². The zero-order valence-electron chi connectivity index (χ0n) is 12.5. The highest BCUT2D eigenvalue weighted by Gasteiger charge is 2.36. The molecule has 2 atom stereocenters. The Morgan fingerprint density at radius 2 is 1.50 bits per heavy atom. The topological polar surface area (TPSA) is 63.9 Å². The molecule has 118 valence electrons. The van der Waals surface area contributed by atoms with Crippen molar-refractivity contribution in [3.05, 3.63) is 0 Å². The molecular weight excluding hydrogens is 261 g/mol. The van der Waals surface area contributed by atoms with Crippen LogP contribution in [-0.2, 0) is 0 Å². The molecule has 2 unspecified atom stereocenters. The Morgan fingerprint density at radius 3 is 1.95 bits per heavy atom. The van der Waals surface area contributed by atoms with Gasteiger partial charge < -0.3 is 15.3 Å². The van der Waals surface area contributed by atoms with Crippen molar-refractivity contribution in [2.24, 2.45) is 11.8 Å². The number of rotatable bonds is 3. The van der Waals surface area contributed by atoms with Crippen molar-refractivity contribution in [1.29, 1.82) is 0 Å². The molecule has 1 saturated heterocycles. The minimum Gasteiger partial charge on any atom is -0.389 e. The largest absolute Gasteiger partial charge is 0.389 e. The van der Waals surface area contributed by atoms with Crippen LogP contribution in [0, 0.1) is 11.8 Å². The second kappa shape index (κ2) is 6.26. The molecule has 1 aliphatic carbocycles. The molecule has 0 aromatic carbocycles. The molecular formula is C15H28FNO3. The first kappa shape index (κ1) is 16.1. The zero-order chi connectivity index (χ0) is 14.9. The summed E-state index contributed by atoms with van der Waals surface area (Å²) >= 11 is 0. The van der Waals surface area contributed by atoms with Gasteiger partial charge in [-0.15, -0.1) is 0 Å². The molecule has 1 heterocycles. The van der Waals surface area contributed by atoms with E-state index in [0.717, 1.165) is 32.2 Å². The SMILES string of the molecule is CC(C)(F)C1CCC(CN2CC(O)C(O)C(O)C2)CC1. The van der Waals surface area contributed by atoms with Gasteiger partial charge in [-0.2, -0.15) is 0 Å². The third kappa shape index (κ3) is 3.91. The zero-order valence-corrected chi connectivity index (χ0v) is 12.5. The van der Waals surface area contributed by atoms with Crippen LogP contribution in [0.25, 0.3) is 0 Å². The number of β-amino-alcohol motifs (C(OH)–C–C–N with tert-alkyl or cyclic N) is 2. The van der Waals surface area contributed by atoms with Gasteiger partial charge in [0.25, 0.3) is 0 Å². The van der Waals surface area contributed by atoms with Crippen molar-refractivity contribution in [2.45, 2.75) is 63.5 Å². The number of piperidine rings is 1. The summed E-state index contributed by atoms with van der Waals surface area (Å²) in [6, 6.07) is 0. The third-order valence-corrected chi connectivity index (χ3v) is 5.01. The first-order valence-corrected chi connectivity index (χ1v) is 7.73. The monoisotopic (exact) mass is 289 g/mol. The number of hydrogen-bond donors (Lipinski definition) is 3. The first-order chi connectivity index (χ1) is 9.27. The summed E-state index contributed by atoms with van der Waals surface area (Å²) in [5.41, 5.74) is -1.09. The van der Waals surface area contributed by atoms with E-state index in [-0.39, 0.29) is 5.92 Å². The molecule has 0 spiro atoms. The normalized spacial score (nSPS) is 40.8. The van der Waals surface area contributed by atoms with Crippen LogP contribution in [0.3, 0.4) is 0 Å². The van der Waals surface area contributed by atoms with Crippen LogP contribution in [0.5, 0.6) is 0 Å². The molecule has 4 nitrogen and oxygen atoms in total. The maximum atomic E-state index is 13.9. The van der Waals surface area contributed by atoms with Crippen molar-refractivity contribution in [3.63, 3.8) is 0 Å². The average molecular weight is 289 g/mol. The van der Waals surface area contributed by atoms with Crippen LogP contribution in [-0.4, -0.2) is 63.8 Å². The van der Waals surface area contributed by atoms with Crippen LogP contribution in [0.2, 0.25) is 0 Å². The highest BCUT2D eigenvalue weighted by molar-refractivity contribution is 4.89. The first-order valence-electron chi connectivity index (χ1n) is 7.73. The molecule has 2 aliphatic rings. The second-order valence-electron chi connectivity index (χ2n) is 7.13. The van der Waals surface area contributed by atoms with Crippen molar-refractivity contribution in [2.75, 3.05) is 19.6 Å². The van der Waals surface area contributed by atoms with Gasteiger partial charge in [-0.1, -0.05) is 0 Å². The Labute approximate surface area is 120 Å². The summed E-state index contributed by atoms with van der Waals surface area (Å²) in [7, 11) is 0. The van der Waals surface area contributed by atoms with Gasteiger partial charge in [0.1, 0.15) is 11.8 Å². The van der Waals surface area contributed by atoms with E-state index in [1.54, 1.807) is 13.8 Å². The maximum Gasteiger partial charge on any atom is 0.108 e. The van der Waals surface area contributed by atoms with E-state index in [9.17, 15) is 19.7 Å². The molecule has 0 radical (unpaired) electrons. The Bertz CT molecular complexity index is 301. The molecule has 0 aromatic rings. The van der Waals surface area contributed by atoms with Gasteiger partial charge in [0, 0.05) is 19.6 Å². The van der Waals surface area contributed by atoms with E-state index in [2.05, 4.69) is 0 Å². The Balaban J connectivity index is 1.78. The number of hydrogen-bond acceptors (Lipinski definition) is 4. The van der Waals surface area contributed by atoms with Gasteiger partial charge in [-0.25, -0.2) is 4.39 Å². The summed E-state index contributed by atoms with van der Waals surface area (Å²) in [5, 5.41) is 28.9. The molecule has 1 aliphatic heterocycles. The number of nitrogens with zero attached hydrogens (tertiary/aromatic N) is 1. The van der Waals surface area contributed by atoms with Gasteiger partial charge in [0.2, 0.25) is 0 Å². The summed E-state index contributed by atoms with van der Waals surface area (Å²) in [4.78, 5) is 2.02. The number of aliphatic hydroxyl groups is 3. The average Bonchev–Trinajstić information content (AvgIpc) is 2.35. The maximum absolute atomic E-state index is 13.9. The smallest absolute Gasteiger partial charge is 0.108 e. The minimum absolute atomic E-state index is 0.151. The van der Waals surface area contributed by atoms with E-state index >= 15 is 0 Å². The standard InChI is InChI=1S/C15H28FNO3/c1-15(2,16)11-5-3-10(4-6-11)7-17-8-12(18)14(20)13(19)9-17/h10-14,18-20H,3-9H2,1-2H3. The van der Waals surface area contributed by atoms with Crippen molar-refractivity contribution in [3.8, 4) is 0 Å². The van der Waals surface area contributed by atoms with E-state index < -0.39 is 24.0 Å². The quantitative estimate of drug-likeness (QED) is 0.723. The molecule has 2 rings (SSSR count). The van der Waals surface area contributed by atoms with Gasteiger partial charge in [0.05, 0.1) is 12.2 Å². The Morgan fingerprint density at radius 1 is 1.00 bits per heavy atom. The van der Waals surface area contributed by atoms with Crippen molar-refractivity contribution < 1.29 is 19.7 Å².